The maximum atomic E-state index is 14.4. The molecule has 2 heterocycles. The topological polar surface area (TPSA) is 43.9 Å². The highest BCUT2D eigenvalue weighted by Gasteiger charge is 2.48. The highest BCUT2D eigenvalue weighted by Crippen LogP contribution is 2.32. The van der Waals surface area contributed by atoms with Crippen LogP contribution in [0.25, 0.3) is 21.5 Å². The van der Waals surface area contributed by atoms with Crippen molar-refractivity contribution in [2.24, 2.45) is 5.92 Å². The van der Waals surface area contributed by atoms with Crippen molar-refractivity contribution in [3.05, 3.63) is 96.1 Å². The number of benzene rings is 4. The fraction of sp³-hybridized carbons (Fsp3) is 0.389. The molecule has 0 N–H and O–H groups in total. The van der Waals surface area contributed by atoms with Crippen molar-refractivity contribution in [3.8, 4) is 0 Å². The smallest absolute Gasteiger partial charge is 0.247 e. The van der Waals surface area contributed by atoms with E-state index in [0.717, 1.165) is 31.5 Å². The second kappa shape index (κ2) is 11.3. The van der Waals surface area contributed by atoms with Gasteiger partial charge in [0, 0.05) is 39.1 Å². The second-order valence-electron chi connectivity index (χ2n) is 12.3. The van der Waals surface area contributed by atoms with Crippen molar-refractivity contribution in [2.45, 2.75) is 57.2 Å². The van der Waals surface area contributed by atoms with Crippen molar-refractivity contribution >= 4 is 33.4 Å². The van der Waals surface area contributed by atoms with Crippen molar-refractivity contribution in [3.63, 3.8) is 0 Å². The molecular weight excluding hydrogens is 506 g/mol. The number of hydrogen-bond donors (Lipinski definition) is 0. The number of nitrogens with zero attached hydrogens (tertiary/aromatic N) is 3. The lowest BCUT2D eigenvalue weighted by Gasteiger charge is -2.50. The van der Waals surface area contributed by atoms with Gasteiger partial charge in [-0.2, -0.15) is 0 Å². The van der Waals surface area contributed by atoms with E-state index in [1.165, 1.54) is 46.4 Å². The lowest BCUT2D eigenvalue weighted by atomic mass is 9.87. The maximum absolute atomic E-state index is 14.4. The normalized spacial score (nSPS) is 22.4. The molecule has 2 atom stereocenters. The molecule has 0 spiro atoms. The molecular formula is C36H39N3O2. The molecule has 2 aliphatic heterocycles. The number of carbonyl (C=O) groups is 2. The number of amides is 2. The maximum Gasteiger partial charge on any atom is 0.247 e. The monoisotopic (exact) mass is 545 g/mol. The first kappa shape index (κ1) is 26.2. The van der Waals surface area contributed by atoms with Crippen molar-refractivity contribution in [2.75, 3.05) is 26.2 Å². The molecule has 3 aliphatic rings. The van der Waals surface area contributed by atoms with Crippen molar-refractivity contribution in [1.82, 2.24) is 14.7 Å². The number of carbonyl (C=O) groups excluding carboxylic acids is 2. The summed E-state index contributed by atoms with van der Waals surface area (Å²) in [5, 5.41) is 4.85. The summed E-state index contributed by atoms with van der Waals surface area (Å²) in [6, 6.07) is 28.8. The third kappa shape index (κ3) is 5.12. The van der Waals surface area contributed by atoms with Gasteiger partial charge in [0.15, 0.2) is 0 Å². The Morgan fingerprint density at radius 2 is 1.29 bits per heavy atom. The molecule has 4 aromatic carbocycles. The van der Waals surface area contributed by atoms with Gasteiger partial charge in [0.05, 0.1) is 0 Å². The van der Waals surface area contributed by atoms with E-state index in [2.05, 4.69) is 89.8 Å². The minimum atomic E-state index is -0.434. The molecule has 5 nitrogen and oxygen atoms in total. The molecule has 2 saturated heterocycles. The fourth-order valence-electron chi connectivity index (χ4n) is 7.54. The van der Waals surface area contributed by atoms with Crippen LogP contribution in [0.15, 0.2) is 84.9 Å². The van der Waals surface area contributed by atoms with Gasteiger partial charge in [-0.1, -0.05) is 104 Å². The largest absolute Gasteiger partial charge is 0.328 e. The van der Waals surface area contributed by atoms with Crippen LogP contribution < -0.4 is 0 Å². The average molecular weight is 546 g/mol. The Kier molecular flexibility index (Phi) is 7.22. The first-order valence-corrected chi connectivity index (χ1v) is 15.4. The molecule has 4 aromatic rings. The van der Waals surface area contributed by atoms with Crippen molar-refractivity contribution < 1.29 is 9.59 Å². The molecule has 5 heteroatoms. The van der Waals surface area contributed by atoms with E-state index in [0.29, 0.717) is 32.0 Å². The van der Waals surface area contributed by atoms with Crippen LogP contribution in [0.3, 0.4) is 0 Å². The lowest BCUT2D eigenvalue weighted by molar-refractivity contribution is -0.166. The molecule has 3 fully saturated rings. The van der Waals surface area contributed by atoms with Crippen LogP contribution >= 0.6 is 0 Å². The third-order valence-corrected chi connectivity index (χ3v) is 9.72. The molecule has 1 aliphatic carbocycles. The van der Waals surface area contributed by atoms with Gasteiger partial charge in [-0.15, -0.1) is 0 Å². The Bertz CT molecular complexity index is 1570. The van der Waals surface area contributed by atoms with E-state index >= 15 is 0 Å². The lowest BCUT2D eigenvalue weighted by Crippen LogP contribution is -2.70. The van der Waals surface area contributed by atoms with E-state index in [9.17, 15) is 9.59 Å². The quantitative estimate of drug-likeness (QED) is 0.297. The molecule has 2 amide bonds. The number of rotatable bonds is 6. The van der Waals surface area contributed by atoms with Crippen LogP contribution in [-0.4, -0.2) is 64.8 Å². The zero-order valence-corrected chi connectivity index (χ0v) is 23.8. The second-order valence-corrected chi connectivity index (χ2v) is 12.3. The Hall–Kier alpha value is -3.70. The Morgan fingerprint density at radius 3 is 2.02 bits per heavy atom. The summed E-state index contributed by atoms with van der Waals surface area (Å²) in [5.41, 5.74) is 2.43. The first-order valence-electron chi connectivity index (χ1n) is 15.4. The SMILES string of the molecule is O=C1C(Cc2cccc3ccccc23)N(CC2CCCCC2)C(=O)C2CN(Cc3cccc4ccccc34)CCN12. The summed E-state index contributed by atoms with van der Waals surface area (Å²) in [6.07, 6.45) is 6.61. The molecule has 0 aromatic heterocycles. The van der Waals surface area contributed by atoms with Crippen LogP contribution in [-0.2, 0) is 22.6 Å². The van der Waals surface area contributed by atoms with E-state index in [-0.39, 0.29) is 11.8 Å². The van der Waals surface area contributed by atoms with E-state index in [1.807, 2.05) is 9.80 Å². The number of fused-ring (bicyclic) bond motifs is 3. The summed E-state index contributed by atoms with van der Waals surface area (Å²) in [6.45, 7) is 3.46. The molecule has 41 heavy (non-hydrogen) atoms. The van der Waals surface area contributed by atoms with E-state index < -0.39 is 12.1 Å². The van der Waals surface area contributed by atoms with Gasteiger partial charge in [-0.05, 0) is 51.4 Å². The van der Waals surface area contributed by atoms with Gasteiger partial charge in [0.1, 0.15) is 12.1 Å². The van der Waals surface area contributed by atoms with Crippen molar-refractivity contribution in [1.29, 1.82) is 0 Å². The van der Waals surface area contributed by atoms with Crippen LogP contribution in [0.1, 0.15) is 43.2 Å². The summed E-state index contributed by atoms with van der Waals surface area (Å²) in [4.78, 5) is 34.9. The highest BCUT2D eigenvalue weighted by molar-refractivity contribution is 5.98. The molecule has 0 radical (unpaired) electrons. The number of piperazine rings is 2. The molecule has 7 rings (SSSR count). The zero-order valence-electron chi connectivity index (χ0n) is 23.8. The number of hydrogen-bond acceptors (Lipinski definition) is 3. The van der Waals surface area contributed by atoms with Crippen LogP contribution in [0, 0.1) is 5.92 Å². The molecule has 2 unspecified atom stereocenters. The van der Waals surface area contributed by atoms with Gasteiger partial charge in [0.25, 0.3) is 0 Å². The predicted octanol–water partition coefficient (Wildman–Crippen LogP) is 6.04. The molecule has 1 saturated carbocycles. The predicted molar refractivity (Wildman–Crippen MR) is 164 cm³/mol. The Balaban J connectivity index is 1.16. The van der Waals surface area contributed by atoms with Gasteiger partial charge >= 0.3 is 0 Å². The van der Waals surface area contributed by atoms with Gasteiger partial charge in [0.2, 0.25) is 11.8 Å². The highest BCUT2D eigenvalue weighted by atomic mass is 16.2. The van der Waals surface area contributed by atoms with Gasteiger partial charge in [-0.25, -0.2) is 0 Å². The summed E-state index contributed by atoms with van der Waals surface area (Å²) < 4.78 is 0. The summed E-state index contributed by atoms with van der Waals surface area (Å²) in [5.74, 6) is 0.753. The minimum absolute atomic E-state index is 0.128. The Morgan fingerprint density at radius 1 is 0.659 bits per heavy atom. The van der Waals surface area contributed by atoms with Crippen LogP contribution in [0.2, 0.25) is 0 Å². The van der Waals surface area contributed by atoms with Crippen LogP contribution in [0.4, 0.5) is 0 Å². The summed E-state index contributed by atoms with van der Waals surface area (Å²) >= 11 is 0. The molecule has 210 valence electrons. The minimum Gasteiger partial charge on any atom is -0.328 e. The summed E-state index contributed by atoms with van der Waals surface area (Å²) in [7, 11) is 0. The van der Waals surface area contributed by atoms with E-state index in [1.54, 1.807) is 0 Å². The zero-order chi connectivity index (χ0) is 27.8. The molecule has 0 bridgehead atoms. The van der Waals surface area contributed by atoms with Crippen LogP contribution in [0.5, 0.6) is 0 Å². The Labute approximate surface area is 242 Å². The average Bonchev–Trinajstić information content (AvgIpc) is 3.02. The fourth-order valence-corrected chi connectivity index (χ4v) is 7.54. The van der Waals surface area contributed by atoms with Gasteiger partial charge < -0.3 is 9.80 Å². The van der Waals surface area contributed by atoms with Gasteiger partial charge in [-0.3, -0.25) is 14.5 Å². The first-order chi connectivity index (χ1) is 20.2. The van der Waals surface area contributed by atoms with E-state index in [4.69, 9.17) is 0 Å². The standard InChI is InChI=1S/C36H39N3O2/c40-35-33(22-29-16-8-14-27-12-4-6-18-31(27)29)39(23-26-10-2-1-3-11-26)36(41)34-25-37(20-21-38(34)35)24-30-17-9-15-28-13-5-7-19-32(28)30/h4-9,12-19,26,33-34H,1-3,10-11,20-25H2. The third-order valence-electron chi connectivity index (χ3n) is 9.72.